The van der Waals surface area contributed by atoms with E-state index in [0.29, 0.717) is 24.4 Å². The maximum Gasteiger partial charge on any atom is 0.315 e. The SMILES string of the molecule is CC(C)NC(=O)NCc1ccc(C(=O)NCc2ccco2)cc1. The summed E-state index contributed by atoms with van der Waals surface area (Å²) in [6, 6.07) is 10.6. The van der Waals surface area contributed by atoms with Crippen LogP contribution in [0.2, 0.25) is 0 Å². The van der Waals surface area contributed by atoms with Crippen molar-refractivity contribution in [3.8, 4) is 0 Å². The van der Waals surface area contributed by atoms with E-state index in [1.54, 1.807) is 30.5 Å². The average Bonchev–Trinajstić information content (AvgIpc) is 3.04. The lowest BCUT2D eigenvalue weighted by Crippen LogP contribution is -2.39. The molecular weight excluding hydrogens is 294 g/mol. The van der Waals surface area contributed by atoms with Gasteiger partial charge in [0.25, 0.3) is 5.91 Å². The molecule has 0 saturated heterocycles. The summed E-state index contributed by atoms with van der Waals surface area (Å²) in [5.74, 6) is 0.536. The van der Waals surface area contributed by atoms with Crippen LogP contribution in [-0.4, -0.2) is 18.0 Å². The van der Waals surface area contributed by atoms with Crippen molar-refractivity contribution in [2.75, 3.05) is 0 Å². The van der Waals surface area contributed by atoms with E-state index in [1.165, 1.54) is 0 Å². The van der Waals surface area contributed by atoms with Gasteiger partial charge in [0.2, 0.25) is 0 Å². The van der Waals surface area contributed by atoms with Gasteiger partial charge in [0.15, 0.2) is 0 Å². The van der Waals surface area contributed by atoms with Crippen LogP contribution in [0.4, 0.5) is 4.79 Å². The first-order chi connectivity index (χ1) is 11.0. The molecule has 3 N–H and O–H groups in total. The minimum atomic E-state index is -0.208. The molecule has 1 aromatic carbocycles. The summed E-state index contributed by atoms with van der Waals surface area (Å²) in [7, 11) is 0. The number of amides is 3. The first-order valence-corrected chi connectivity index (χ1v) is 7.48. The highest BCUT2D eigenvalue weighted by Gasteiger charge is 2.07. The number of carbonyl (C=O) groups excluding carboxylic acids is 2. The Balaban J connectivity index is 1.81. The van der Waals surface area contributed by atoms with Gasteiger partial charge in [0, 0.05) is 18.2 Å². The molecule has 23 heavy (non-hydrogen) atoms. The van der Waals surface area contributed by atoms with Crippen molar-refractivity contribution in [1.82, 2.24) is 16.0 Å². The van der Waals surface area contributed by atoms with E-state index < -0.39 is 0 Å². The Morgan fingerprint density at radius 2 is 1.78 bits per heavy atom. The van der Waals surface area contributed by atoms with E-state index >= 15 is 0 Å². The first kappa shape index (κ1) is 16.6. The lowest BCUT2D eigenvalue weighted by atomic mass is 10.1. The molecule has 6 heteroatoms. The highest BCUT2D eigenvalue weighted by molar-refractivity contribution is 5.94. The third-order valence-corrected chi connectivity index (χ3v) is 3.09. The van der Waals surface area contributed by atoms with Crippen molar-refractivity contribution < 1.29 is 14.0 Å². The van der Waals surface area contributed by atoms with Crippen LogP contribution in [0.25, 0.3) is 0 Å². The molecule has 0 aliphatic rings. The molecule has 1 aromatic heterocycles. The van der Waals surface area contributed by atoms with Crippen LogP contribution in [0.1, 0.15) is 35.5 Å². The van der Waals surface area contributed by atoms with Crippen molar-refractivity contribution in [3.05, 3.63) is 59.5 Å². The molecule has 0 aliphatic carbocycles. The fraction of sp³-hybridized carbons (Fsp3) is 0.294. The van der Waals surface area contributed by atoms with Crippen molar-refractivity contribution in [1.29, 1.82) is 0 Å². The van der Waals surface area contributed by atoms with Crippen LogP contribution < -0.4 is 16.0 Å². The molecule has 0 fully saturated rings. The lowest BCUT2D eigenvalue weighted by molar-refractivity contribution is 0.0948. The van der Waals surface area contributed by atoms with Crippen LogP contribution in [0.15, 0.2) is 47.1 Å². The number of nitrogens with one attached hydrogen (secondary N) is 3. The fourth-order valence-corrected chi connectivity index (χ4v) is 1.95. The lowest BCUT2D eigenvalue weighted by Gasteiger charge is -2.10. The highest BCUT2D eigenvalue weighted by atomic mass is 16.3. The average molecular weight is 315 g/mol. The number of carbonyl (C=O) groups is 2. The van der Waals surface area contributed by atoms with Crippen LogP contribution >= 0.6 is 0 Å². The molecule has 0 unspecified atom stereocenters. The molecule has 0 atom stereocenters. The van der Waals surface area contributed by atoms with Gasteiger partial charge in [-0.25, -0.2) is 4.79 Å². The number of hydrogen-bond acceptors (Lipinski definition) is 3. The van der Waals surface area contributed by atoms with Gasteiger partial charge < -0.3 is 20.4 Å². The van der Waals surface area contributed by atoms with E-state index in [1.807, 2.05) is 26.0 Å². The zero-order valence-electron chi connectivity index (χ0n) is 13.3. The number of hydrogen-bond donors (Lipinski definition) is 3. The number of benzene rings is 1. The summed E-state index contributed by atoms with van der Waals surface area (Å²) in [6.45, 7) is 4.56. The van der Waals surface area contributed by atoms with Gasteiger partial charge in [-0.05, 0) is 43.7 Å². The van der Waals surface area contributed by atoms with Crippen molar-refractivity contribution >= 4 is 11.9 Å². The number of rotatable bonds is 6. The van der Waals surface area contributed by atoms with Crippen molar-refractivity contribution in [2.45, 2.75) is 33.0 Å². The molecule has 0 bridgehead atoms. The van der Waals surface area contributed by atoms with E-state index in [9.17, 15) is 9.59 Å². The molecule has 122 valence electrons. The molecule has 1 heterocycles. The molecule has 2 rings (SSSR count). The molecule has 3 amide bonds. The smallest absolute Gasteiger partial charge is 0.315 e. The topological polar surface area (TPSA) is 83.4 Å². The molecular formula is C17H21N3O3. The summed E-state index contributed by atoms with van der Waals surface area (Å²) < 4.78 is 5.16. The Morgan fingerprint density at radius 3 is 2.39 bits per heavy atom. The Bertz CT molecular complexity index is 634. The van der Waals surface area contributed by atoms with E-state index in [-0.39, 0.29) is 18.0 Å². The first-order valence-electron chi connectivity index (χ1n) is 7.48. The maximum atomic E-state index is 12.0. The number of urea groups is 1. The molecule has 0 spiro atoms. The van der Waals surface area contributed by atoms with Gasteiger partial charge in [-0.1, -0.05) is 12.1 Å². The summed E-state index contributed by atoms with van der Waals surface area (Å²) in [5, 5.41) is 8.29. The number of furan rings is 1. The summed E-state index contributed by atoms with van der Waals surface area (Å²) in [5.41, 5.74) is 1.48. The predicted octanol–water partition coefficient (Wildman–Crippen LogP) is 2.42. The Hall–Kier alpha value is -2.76. The quantitative estimate of drug-likeness (QED) is 0.765. The van der Waals surface area contributed by atoms with Gasteiger partial charge in [0.05, 0.1) is 12.8 Å². The Labute approximate surface area is 135 Å². The van der Waals surface area contributed by atoms with Gasteiger partial charge in [-0.2, -0.15) is 0 Å². The van der Waals surface area contributed by atoms with Crippen LogP contribution in [-0.2, 0) is 13.1 Å². The summed E-state index contributed by atoms with van der Waals surface area (Å²) in [6.07, 6.45) is 1.57. The predicted molar refractivity (Wildman–Crippen MR) is 86.8 cm³/mol. The maximum absolute atomic E-state index is 12.0. The molecule has 6 nitrogen and oxygen atoms in total. The normalized spacial score (nSPS) is 10.4. The standard InChI is InChI=1S/C17H21N3O3/c1-12(2)20-17(22)19-10-13-5-7-14(8-6-13)16(21)18-11-15-4-3-9-23-15/h3-9,12H,10-11H2,1-2H3,(H,18,21)(H2,19,20,22). The molecule has 0 saturated carbocycles. The van der Waals surface area contributed by atoms with Crippen LogP contribution in [0, 0.1) is 0 Å². The minimum absolute atomic E-state index is 0.0928. The van der Waals surface area contributed by atoms with Gasteiger partial charge in [-0.15, -0.1) is 0 Å². The second-order valence-electron chi connectivity index (χ2n) is 5.44. The second kappa shape index (κ2) is 8.03. The second-order valence-corrected chi connectivity index (χ2v) is 5.44. The van der Waals surface area contributed by atoms with Gasteiger partial charge >= 0.3 is 6.03 Å². The van der Waals surface area contributed by atoms with Crippen molar-refractivity contribution in [2.24, 2.45) is 0 Å². The Kier molecular flexibility index (Phi) is 5.80. The largest absolute Gasteiger partial charge is 0.467 e. The third-order valence-electron chi connectivity index (χ3n) is 3.09. The third kappa shape index (κ3) is 5.50. The molecule has 0 radical (unpaired) electrons. The van der Waals surface area contributed by atoms with E-state index in [2.05, 4.69) is 16.0 Å². The minimum Gasteiger partial charge on any atom is -0.467 e. The van der Waals surface area contributed by atoms with Crippen LogP contribution in [0.5, 0.6) is 0 Å². The molecule has 0 aliphatic heterocycles. The zero-order valence-corrected chi connectivity index (χ0v) is 13.3. The van der Waals surface area contributed by atoms with Gasteiger partial charge in [-0.3, -0.25) is 4.79 Å². The Morgan fingerprint density at radius 1 is 1.04 bits per heavy atom. The van der Waals surface area contributed by atoms with E-state index in [0.717, 1.165) is 5.56 Å². The summed E-state index contributed by atoms with van der Waals surface area (Å²) >= 11 is 0. The molecule has 2 aromatic rings. The van der Waals surface area contributed by atoms with Gasteiger partial charge in [0.1, 0.15) is 5.76 Å². The zero-order chi connectivity index (χ0) is 16.7. The fourth-order valence-electron chi connectivity index (χ4n) is 1.95. The monoisotopic (exact) mass is 315 g/mol. The van der Waals surface area contributed by atoms with Crippen molar-refractivity contribution in [3.63, 3.8) is 0 Å². The van der Waals surface area contributed by atoms with E-state index in [4.69, 9.17) is 4.42 Å². The van der Waals surface area contributed by atoms with Crippen LogP contribution in [0.3, 0.4) is 0 Å². The highest BCUT2D eigenvalue weighted by Crippen LogP contribution is 2.05. The summed E-state index contributed by atoms with van der Waals surface area (Å²) in [4.78, 5) is 23.5.